The maximum atomic E-state index is 12.4. The largest absolute Gasteiger partial charge is 0.497 e. The number of carbonyl (C=O) groups excluding carboxylic acids is 1. The van der Waals surface area contributed by atoms with Crippen molar-refractivity contribution in [1.29, 1.82) is 0 Å². The van der Waals surface area contributed by atoms with Gasteiger partial charge in [0.2, 0.25) is 0 Å². The van der Waals surface area contributed by atoms with Gasteiger partial charge in [-0.05, 0) is 49.4 Å². The molecule has 20 heavy (non-hydrogen) atoms. The molecule has 0 radical (unpaired) electrons. The van der Waals surface area contributed by atoms with Crippen LogP contribution in [0.3, 0.4) is 0 Å². The first-order valence-corrected chi connectivity index (χ1v) is 6.64. The molecule has 0 N–H and O–H groups in total. The normalized spacial score (nSPS) is 10.2. The van der Waals surface area contributed by atoms with Crippen LogP contribution in [0, 0.1) is 0 Å². The van der Waals surface area contributed by atoms with Crippen molar-refractivity contribution in [2.45, 2.75) is 6.92 Å². The second kappa shape index (κ2) is 6.44. The predicted molar refractivity (Wildman–Crippen MR) is 79.0 cm³/mol. The number of hydrogen-bond acceptors (Lipinski definition) is 3. The molecule has 0 aliphatic rings. The van der Waals surface area contributed by atoms with Crippen molar-refractivity contribution < 1.29 is 14.3 Å². The van der Waals surface area contributed by atoms with E-state index in [1.807, 2.05) is 6.92 Å². The molecule has 4 heteroatoms. The molecule has 0 aromatic heterocycles. The Morgan fingerprint density at radius 3 is 2.30 bits per heavy atom. The summed E-state index contributed by atoms with van der Waals surface area (Å²) < 4.78 is 10.4. The summed E-state index contributed by atoms with van der Waals surface area (Å²) in [6.07, 6.45) is 0. The Morgan fingerprint density at radius 2 is 1.75 bits per heavy atom. The van der Waals surface area contributed by atoms with Crippen molar-refractivity contribution in [3.8, 4) is 11.5 Å². The Hall–Kier alpha value is -2.00. The van der Waals surface area contributed by atoms with E-state index in [0.29, 0.717) is 34.3 Å². The standard InChI is InChI=1S/C16H15ClO3/c1-3-20-13-8-9-14(15(17)10-13)16(18)11-4-6-12(19-2)7-5-11/h4-10H,3H2,1-2H3. The van der Waals surface area contributed by atoms with Crippen LogP contribution in [0.4, 0.5) is 0 Å². The Bertz CT molecular complexity index is 606. The molecule has 0 saturated heterocycles. The van der Waals surface area contributed by atoms with Gasteiger partial charge in [-0.2, -0.15) is 0 Å². The molecule has 2 aromatic carbocycles. The minimum atomic E-state index is -0.124. The number of ketones is 1. The van der Waals surface area contributed by atoms with Crippen molar-refractivity contribution >= 4 is 17.4 Å². The van der Waals surface area contributed by atoms with Gasteiger partial charge in [0.1, 0.15) is 11.5 Å². The minimum Gasteiger partial charge on any atom is -0.497 e. The van der Waals surface area contributed by atoms with E-state index in [-0.39, 0.29) is 5.78 Å². The van der Waals surface area contributed by atoms with Gasteiger partial charge in [0, 0.05) is 11.1 Å². The molecule has 2 rings (SSSR count). The van der Waals surface area contributed by atoms with Crippen LogP contribution in [0.2, 0.25) is 5.02 Å². The molecule has 0 aliphatic carbocycles. The number of methoxy groups -OCH3 is 1. The summed E-state index contributed by atoms with van der Waals surface area (Å²) in [5.41, 5.74) is 1.03. The molecule has 0 unspecified atom stereocenters. The van der Waals surface area contributed by atoms with Crippen LogP contribution >= 0.6 is 11.6 Å². The predicted octanol–water partition coefficient (Wildman–Crippen LogP) is 3.98. The first kappa shape index (κ1) is 14.4. The first-order chi connectivity index (χ1) is 9.65. The van der Waals surface area contributed by atoms with Gasteiger partial charge in [-0.25, -0.2) is 0 Å². The van der Waals surface area contributed by atoms with Crippen molar-refractivity contribution in [2.24, 2.45) is 0 Å². The van der Waals surface area contributed by atoms with Crippen molar-refractivity contribution in [3.05, 3.63) is 58.6 Å². The average molecular weight is 291 g/mol. The van der Waals surface area contributed by atoms with E-state index < -0.39 is 0 Å². The minimum absolute atomic E-state index is 0.124. The lowest BCUT2D eigenvalue weighted by Crippen LogP contribution is -2.02. The monoisotopic (exact) mass is 290 g/mol. The molecule has 0 heterocycles. The van der Waals surface area contributed by atoms with Gasteiger partial charge in [-0.3, -0.25) is 4.79 Å². The lowest BCUT2D eigenvalue weighted by Gasteiger charge is -2.08. The van der Waals surface area contributed by atoms with Gasteiger partial charge >= 0.3 is 0 Å². The molecular formula is C16H15ClO3. The van der Waals surface area contributed by atoms with Gasteiger partial charge in [0.15, 0.2) is 5.78 Å². The van der Waals surface area contributed by atoms with Crippen LogP contribution in [-0.2, 0) is 0 Å². The number of ether oxygens (including phenoxy) is 2. The van der Waals surface area contributed by atoms with Crippen LogP contribution in [0.5, 0.6) is 11.5 Å². The fourth-order valence-electron chi connectivity index (χ4n) is 1.83. The van der Waals surface area contributed by atoms with Crippen LogP contribution in [-0.4, -0.2) is 19.5 Å². The summed E-state index contributed by atoms with van der Waals surface area (Å²) in [5, 5.41) is 0.386. The highest BCUT2D eigenvalue weighted by Gasteiger charge is 2.13. The zero-order valence-corrected chi connectivity index (χ0v) is 12.1. The lowest BCUT2D eigenvalue weighted by molar-refractivity contribution is 0.103. The highest BCUT2D eigenvalue weighted by atomic mass is 35.5. The van der Waals surface area contributed by atoms with Crippen LogP contribution in [0.15, 0.2) is 42.5 Å². The zero-order chi connectivity index (χ0) is 14.5. The van der Waals surface area contributed by atoms with Gasteiger partial charge in [0.25, 0.3) is 0 Å². The third kappa shape index (κ3) is 3.11. The molecule has 0 saturated carbocycles. The highest BCUT2D eigenvalue weighted by Crippen LogP contribution is 2.25. The quantitative estimate of drug-likeness (QED) is 0.781. The number of halogens is 1. The highest BCUT2D eigenvalue weighted by molar-refractivity contribution is 6.35. The lowest BCUT2D eigenvalue weighted by atomic mass is 10.0. The topological polar surface area (TPSA) is 35.5 Å². The molecule has 0 bridgehead atoms. The molecule has 3 nitrogen and oxygen atoms in total. The summed E-state index contributed by atoms with van der Waals surface area (Å²) in [7, 11) is 1.58. The van der Waals surface area contributed by atoms with Gasteiger partial charge in [0.05, 0.1) is 18.7 Å². The van der Waals surface area contributed by atoms with Gasteiger partial charge in [-0.15, -0.1) is 0 Å². The Morgan fingerprint density at radius 1 is 1.10 bits per heavy atom. The van der Waals surface area contributed by atoms with E-state index in [9.17, 15) is 4.79 Å². The Labute approximate surface area is 123 Å². The molecule has 0 aliphatic heterocycles. The molecule has 0 spiro atoms. The van der Waals surface area contributed by atoms with E-state index in [0.717, 1.165) is 0 Å². The zero-order valence-electron chi connectivity index (χ0n) is 11.4. The number of rotatable bonds is 5. The SMILES string of the molecule is CCOc1ccc(C(=O)c2ccc(OC)cc2)c(Cl)c1. The Balaban J connectivity index is 2.28. The van der Waals surface area contributed by atoms with Crippen LogP contribution < -0.4 is 9.47 Å². The van der Waals surface area contributed by atoms with Gasteiger partial charge in [-0.1, -0.05) is 11.6 Å². The summed E-state index contributed by atoms with van der Waals surface area (Å²) in [4.78, 5) is 12.4. The summed E-state index contributed by atoms with van der Waals surface area (Å²) in [6, 6.07) is 12.0. The van der Waals surface area contributed by atoms with Crippen molar-refractivity contribution in [3.63, 3.8) is 0 Å². The molecule has 104 valence electrons. The fourth-order valence-corrected chi connectivity index (χ4v) is 2.09. The summed E-state index contributed by atoms with van der Waals surface area (Å²) in [6.45, 7) is 2.45. The molecule has 0 fully saturated rings. The Kier molecular flexibility index (Phi) is 4.64. The van der Waals surface area contributed by atoms with E-state index in [2.05, 4.69) is 0 Å². The molecular weight excluding hydrogens is 276 g/mol. The first-order valence-electron chi connectivity index (χ1n) is 6.26. The molecule has 0 atom stereocenters. The number of hydrogen-bond donors (Lipinski definition) is 0. The number of carbonyl (C=O) groups is 1. The second-order valence-corrected chi connectivity index (χ2v) is 4.54. The second-order valence-electron chi connectivity index (χ2n) is 4.13. The van der Waals surface area contributed by atoms with E-state index >= 15 is 0 Å². The average Bonchev–Trinajstić information content (AvgIpc) is 2.47. The van der Waals surface area contributed by atoms with E-state index in [1.165, 1.54) is 0 Å². The third-order valence-corrected chi connectivity index (χ3v) is 3.16. The van der Waals surface area contributed by atoms with Gasteiger partial charge < -0.3 is 9.47 Å². The smallest absolute Gasteiger partial charge is 0.194 e. The summed E-state index contributed by atoms with van der Waals surface area (Å²) in [5.74, 6) is 1.24. The van der Waals surface area contributed by atoms with Crippen molar-refractivity contribution in [2.75, 3.05) is 13.7 Å². The summed E-state index contributed by atoms with van der Waals surface area (Å²) >= 11 is 6.14. The fraction of sp³-hybridized carbons (Fsp3) is 0.188. The van der Waals surface area contributed by atoms with Crippen LogP contribution in [0.1, 0.15) is 22.8 Å². The van der Waals surface area contributed by atoms with Crippen LogP contribution in [0.25, 0.3) is 0 Å². The maximum absolute atomic E-state index is 12.4. The molecule has 2 aromatic rings. The molecule has 0 amide bonds. The van der Waals surface area contributed by atoms with E-state index in [1.54, 1.807) is 49.6 Å². The van der Waals surface area contributed by atoms with Crippen molar-refractivity contribution in [1.82, 2.24) is 0 Å². The van der Waals surface area contributed by atoms with E-state index in [4.69, 9.17) is 21.1 Å². The maximum Gasteiger partial charge on any atom is 0.194 e. The number of benzene rings is 2. The third-order valence-electron chi connectivity index (χ3n) is 2.85.